The molecule has 0 spiro atoms. The fourth-order valence-electron chi connectivity index (χ4n) is 1.68. The minimum absolute atomic E-state index is 0.307. The van der Waals surface area contributed by atoms with E-state index < -0.39 is 36.7 Å². The lowest BCUT2D eigenvalue weighted by Crippen LogP contribution is -2.36. The molecule has 1 saturated heterocycles. The first-order valence-corrected chi connectivity index (χ1v) is 4.95. The van der Waals surface area contributed by atoms with Gasteiger partial charge in [0.25, 0.3) is 5.56 Å². The maximum absolute atomic E-state index is 11.5. The smallest absolute Gasteiger partial charge is 0.272 e. The Hall–Kier alpha value is -1.48. The van der Waals surface area contributed by atoms with Gasteiger partial charge in [0.1, 0.15) is 24.1 Å². The van der Waals surface area contributed by atoms with Crippen molar-refractivity contribution in [3.05, 3.63) is 22.6 Å². The van der Waals surface area contributed by atoms with Crippen LogP contribution in [-0.4, -0.2) is 55.1 Å². The van der Waals surface area contributed by atoms with Crippen molar-refractivity contribution in [1.82, 2.24) is 9.78 Å². The lowest BCUT2D eigenvalue weighted by Gasteiger charge is -2.15. The van der Waals surface area contributed by atoms with Gasteiger partial charge in [-0.1, -0.05) is 0 Å². The monoisotopic (exact) mass is 244 g/mol. The van der Waals surface area contributed by atoms with Crippen molar-refractivity contribution in [2.75, 3.05) is 6.61 Å². The molecule has 0 aromatic carbocycles. The van der Waals surface area contributed by atoms with Gasteiger partial charge in [-0.2, -0.15) is 9.78 Å². The summed E-state index contributed by atoms with van der Waals surface area (Å²) >= 11 is 0. The summed E-state index contributed by atoms with van der Waals surface area (Å²) in [6.07, 6.45) is -3.82. The number of nitrogens with zero attached hydrogens (tertiary/aromatic N) is 2. The predicted octanol–water partition coefficient (Wildman–Crippen LogP) is -2.44. The fraction of sp³-hybridized carbons (Fsp3) is 0.556. The normalized spacial score (nSPS) is 32.9. The van der Waals surface area contributed by atoms with E-state index in [1.165, 1.54) is 0 Å². The highest BCUT2D eigenvalue weighted by atomic mass is 16.6. The summed E-state index contributed by atoms with van der Waals surface area (Å²) in [5, 5.41) is 40.7. The number of aliphatic hydroxyl groups excluding tert-OH is 3. The molecule has 2 heterocycles. The van der Waals surface area contributed by atoms with Gasteiger partial charge in [-0.05, 0) is 0 Å². The minimum Gasteiger partial charge on any atom is -0.506 e. The molecule has 0 bridgehead atoms. The van der Waals surface area contributed by atoms with E-state index in [-0.39, 0.29) is 5.75 Å². The van der Waals surface area contributed by atoms with Crippen LogP contribution in [0.4, 0.5) is 0 Å². The average molecular weight is 244 g/mol. The molecule has 2 rings (SSSR count). The molecule has 8 heteroatoms. The van der Waals surface area contributed by atoms with E-state index in [2.05, 4.69) is 5.10 Å². The highest BCUT2D eigenvalue weighted by Gasteiger charge is 2.44. The Kier molecular flexibility index (Phi) is 3.11. The van der Waals surface area contributed by atoms with E-state index >= 15 is 0 Å². The molecule has 4 N–H and O–H groups in total. The molecule has 17 heavy (non-hydrogen) atoms. The zero-order valence-electron chi connectivity index (χ0n) is 8.67. The highest BCUT2D eigenvalue weighted by Crippen LogP contribution is 2.27. The van der Waals surface area contributed by atoms with Gasteiger partial charge in [0.05, 0.1) is 12.8 Å². The number of aromatic hydroxyl groups is 1. The van der Waals surface area contributed by atoms with E-state index in [9.17, 15) is 15.0 Å². The number of hydrogen-bond acceptors (Lipinski definition) is 7. The third-order valence-corrected chi connectivity index (χ3v) is 2.57. The molecule has 1 aromatic rings. The molecule has 1 aliphatic heterocycles. The first-order valence-electron chi connectivity index (χ1n) is 4.95. The number of rotatable bonds is 2. The second-order valence-corrected chi connectivity index (χ2v) is 3.73. The SMILES string of the molecule is O=c1cc(O)cnn1[C@H]1O[C@@H](CO)[C@@H](O)[C@H]1O. The van der Waals surface area contributed by atoms with E-state index in [1.807, 2.05) is 0 Å². The molecule has 0 saturated carbocycles. The largest absolute Gasteiger partial charge is 0.506 e. The number of hydrogen-bond donors (Lipinski definition) is 4. The summed E-state index contributed by atoms with van der Waals surface area (Å²) in [5.74, 6) is -0.307. The van der Waals surface area contributed by atoms with Gasteiger partial charge in [-0.25, -0.2) is 0 Å². The van der Waals surface area contributed by atoms with Crippen LogP contribution in [0.15, 0.2) is 17.1 Å². The summed E-state index contributed by atoms with van der Waals surface area (Å²) in [5.41, 5.74) is -0.681. The van der Waals surface area contributed by atoms with E-state index in [0.717, 1.165) is 16.9 Å². The Balaban J connectivity index is 2.32. The highest BCUT2D eigenvalue weighted by molar-refractivity contribution is 5.11. The average Bonchev–Trinajstić information content (AvgIpc) is 2.57. The second kappa shape index (κ2) is 4.41. The van der Waals surface area contributed by atoms with Crippen molar-refractivity contribution >= 4 is 0 Å². The van der Waals surface area contributed by atoms with Crippen LogP contribution in [-0.2, 0) is 4.74 Å². The predicted molar refractivity (Wildman–Crippen MR) is 53.2 cm³/mol. The van der Waals surface area contributed by atoms with Crippen LogP contribution in [0.3, 0.4) is 0 Å². The van der Waals surface area contributed by atoms with Gasteiger partial charge in [-0.15, -0.1) is 0 Å². The molecule has 1 aliphatic rings. The minimum atomic E-state index is -1.37. The molecule has 8 nitrogen and oxygen atoms in total. The molecular weight excluding hydrogens is 232 g/mol. The third kappa shape index (κ3) is 2.03. The molecule has 0 aliphatic carbocycles. The van der Waals surface area contributed by atoms with Crippen molar-refractivity contribution in [2.45, 2.75) is 24.5 Å². The van der Waals surface area contributed by atoms with E-state index in [1.54, 1.807) is 0 Å². The topological polar surface area (TPSA) is 125 Å². The summed E-state index contributed by atoms with van der Waals surface area (Å²) in [6.45, 7) is -0.485. The molecule has 1 fully saturated rings. The molecule has 94 valence electrons. The number of aliphatic hydroxyl groups is 3. The van der Waals surface area contributed by atoms with Crippen LogP contribution < -0.4 is 5.56 Å². The lowest BCUT2D eigenvalue weighted by molar-refractivity contribution is -0.0611. The molecule has 1 aromatic heterocycles. The molecule has 0 radical (unpaired) electrons. The van der Waals surface area contributed by atoms with E-state index in [4.69, 9.17) is 14.9 Å². The van der Waals surface area contributed by atoms with Gasteiger partial charge >= 0.3 is 0 Å². The van der Waals surface area contributed by atoms with Crippen LogP contribution in [0.25, 0.3) is 0 Å². The van der Waals surface area contributed by atoms with Crippen molar-refractivity contribution in [1.29, 1.82) is 0 Å². The summed E-state index contributed by atoms with van der Waals surface area (Å²) < 4.78 is 5.91. The van der Waals surface area contributed by atoms with Crippen LogP contribution in [0, 0.1) is 0 Å². The number of aromatic nitrogens is 2. The molecule has 0 amide bonds. The van der Waals surface area contributed by atoms with Crippen molar-refractivity contribution in [3.8, 4) is 5.75 Å². The van der Waals surface area contributed by atoms with Gasteiger partial charge in [-0.3, -0.25) is 4.79 Å². The maximum atomic E-state index is 11.5. The zero-order valence-corrected chi connectivity index (χ0v) is 8.67. The van der Waals surface area contributed by atoms with Gasteiger partial charge in [0, 0.05) is 6.07 Å². The Bertz CT molecular complexity index is 461. The van der Waals surface area contributed by atoms with Gasteiger partial charge < -0.3 is 25.2 Å². The van der Waals surface area contributed by atoms with Crippen LogP contribution in [0.2, 0.25) is 0 Å². The van der Waals surface area contributed by atoms with Crippen LogP contribution in [0.5, 0.6) is 5.75 Å². The van der Waals surface area contributed by atoms with Crippen LogP contribution >= 0.6 is 0 Å². The zero-order chi connectivity index (χ0) is 12.6. The summed E-state index contributed by atoms with van der Waals surface area (Å²) in [4.78, 5) is 11.5. The number of ether oxygens (including phenoxy) is 1. The molecular formula is C9H12N2O6. The fourth-order valence-corrected chi connectivity index (χ4v) is 1.68. The quantitative estimate of drug-likeness (QED) is 0.455. The van der Waals surface area contributed by atoms with Gasteiger partial charge in [0.2, 0.25) is 0 Å². The van der Waals surface area contributed by atoms with E-state index in [0.29, 0.717) is 0 Å². The summed E-state index contributed by atoms with van der Waals surface area (Å²) in [7, 11) is 0. The standard InChI is InChI=1S/C9H12N2O6/c12-3-5-7(15)8(16)9(17-5)11-6(14)1-4(13)2-10-11/h1-2,5,7-9,12-13,15-16H,3H2/t5-,7+,8+,9-/m0/s1. The molecule has 0 unspecified atom stereocenters. The summed E-state index contributed by atoms with van der Waals surface area (Å²) in [6, 6.07) is 0.904. The Labute approximate surface area is 95.3 Å². The van der Waals surface area contributed by atoms with Crippen molar-refractivity contribution in [3.63, 3.8) is 0 Å². The first kappa shape index (κ1) is 12.0. The second-order valence-electron chi connectivity index (χ2n) is 3.73. The lowest BCUT2D eigenvalue weighted by atomic mass is 10.1. The first-order chi connectivity index (χ1) is 8.04. The molecule has 4 atom stereocenters. The Morgan fingerprint density at radius 2 is 2.12 bits per heavy atom. The maximum Gasteiger partial charge on any atom is 0.272 e. The van der Waals surface area contributed by atoms with Crippen molar-refractivity contribution in [2.24, 2.45) is 0 Å². The Morgan fingerprint density at radius 1 is 1.41 bits per heavy atom. The Morgan fingerprint density at radius 3 is 2.65 bits per heavy atom. The third-order valence-electron chi connectivity index (χ3n) is 2.57. The van der Waals surface area contributed by atoms with Crippen LogP contribution in [0.1, 0.15) is 6.23 Å². The van der Waals surface area contributed by atoms with Gasteiger partial charge in [0.15, 0.2) is 6.23 Å². The van der Waals surface area contributed by atoms with Crippen molar-refractivity contribution < 1.29 is 25.2 Å².